The van der Waals surface area contributed by atoms with Gasteiger partial charge in [0.2, 0.25) is 5.91 Å². The third kappa shape index (κ3) is 5.86. The van der Waals surface area contributed by atoms with Gasteiger partial charge in [0.25, 0.3) is 0 Å². The monoisotopic (exact) mass is 475 g/mol. The van der Waals surface area contributed by atoms with Gasteiger partial charge in [-0.3, -0.25) is 4.79 Å². The fourth-order valence-corrected chi connectivity index (χ4v) is 3.45. The topological polar surface area (TPSA) is 55.4 Å². The SMILES string of the molecule is O=C(CSc1ccc(Br)cc1)Nc1ccc(Cl)cc1C(=O)Oc1ccccc1. The third-order valence-electron chi connectivity index (χ3n) is 3.61. The Bertz CT molecular complexity index is 981. The summed E-state index contributed by atoms with van der Waals surface area (Å²) in [5, 5.41) is 3.13. The van der Waals surface area contributed by atoms with Crippen molar-refractivity contribution in [1.29, 1.82) is 0 Å². The predicted molar refractivity (Wildman–Crippen MR) is 116 cm³/mol. The Hall–Kier alpha value is -2.28. The van der Waals surface area contributed by atoms with E-state index in [0.29, 0.717) is 16.5 Å². The summed E-state index contributed by atoms with van der Waals surface area (Å²) in [6.45, 7) is 0. The number of rotatable bonds is 6. The minimum atomic E-state index is -0.593. The maximum Gasteiger partial charge on any atom is 0.345 e. The Balaban J connectivity index is 1.68. The number of halogens is 2. The summed E-state index contributed by atoms with van der Waals surface area (Å²) in [4.78, 5) is 25.9. The second kappa shape index (κ2) is 9.78. The van der Waals surface area contributed by atoms with Crippen molar-refractivity contribution in [1.82, 2.24) is 0 Å². The molecule has 0 radical (unpaired) electrons. The first-order valence-electron chi connectivity index (χ1n) is 8.26. The molecule has 0 aromatic heterocycles. The van der Waals surface area contributed by atoms with Gasteiger partial charge in [0.05, 0.1) is 17.0 Å². The number of ether oxygens (including phenoxy) is 1. The van der Waals surface area contributed by atoms with E-state index in [1.807, 2.05) is 30.3 Å². The van der Waals surface area contributed by atoms with Crippen LogP contribution < -0.4 is 10.1 Å². The molecule has 3 rings (SSSR count). The van der Waals surface area contributed by atoms with Gasteiger partial charge in [0, 0.05) is 14.4 Å². The molecule has 0 aliphatic rings. The average Bonchev–Trinajstić information content (AvgIpc) is 2.69. The van der Waals surface area contributed by atoms with Crippen molar-refractivity contribution in [2.75, 3.05) is 11.1 Å². The van der Waals surface area contributed by atoms with Crippen LogP contribution in [0.3, 0.4) is 0 Å². The molecule has 0 atom stereocenters. The van der Waals surface area contributed by atoms with Gasteiger partial charge in [-0.25, -0.2) is 4.79 Å². The summed E-state index contributed by atoms with van der Waals surface area (Å²) in [6, 6.07) is 21.1. The van der Waals surface area contributed by atoms with E-state index in [4.69, 9.17) is 16.3 Å². The van der Waals surface area contributed by atoms with Gasteiger partial charge in [-0.15, -0.1) is 11.8 Å². The van der Waals surface area contributed by atoms with E-state index in [0.717, 1.165) is 9.37 Å². The van der Waals surface area contributed by atoms with Gasteiger partial charge in [-0.05, 0) is 54.6 Å². The van der Waals surface area contributed by atoms with Crippen LogP contribution in [0.15, 0.2) is 82.2 Å². The standard InChI is InChI=1S/C21H15BrClNO3S/c22-14-6-9-17(10-7-14)28-13-20(25)24-19-11-8-15(23)12-18(19)21(26)27-16-4-2-1-3-5-16/h1-12H,13H2,(H,24,25). The maximum atomic E-state index is 12.5. The smallest absolute Gasteiger partial charge is 0.345 e. The van der Waals surface area contributed by atoms with Crippen molar-refractivity contribution in [3.8, 4) is 5.75 Å². The zero-order valence-corrected chi connectivity index (χ0v) is 17.7. The summed E-state index contributed by atoms with van der Waals surface area (Å²) in [5.41, 5.74) is 0.546. The minimum absolute atomic E-state index is 0.193. The van der Waals surface area contributed by atoms with E-state index in [-0.39, 0.29) is 17.2 Å². The number of benzene rings is 3. The van der Waals surface area contributed by atoms with Crippen molar-refractivity contribution < 1.29 is 14.3 Å². The van der Waals surface area contributed by atoms with Gasteiger partial charge < -0.3 is 10.1 Å². The summed E-state index contributed by atoms with van der Waals surface area (Å²) >= 11 is 10.8. The lowest BCUT2D eigenvalue weighted by atomic mass is 10.1. The molecule has 28 heavy (non-hydrogen) atoms. The molecule has 0 aliphatic heterocycles. The van der Waals surface area contributed by atoms with Crippen molar-refractivity contribution in [3.63, 3.8) is 0 Å². The maximum absolute atomic E-state index is 12.5. The van der Waals surface area contributed by atoms with Gasteiger partial charge in [-0.2, -0.15) is 0 Å². The van der Waals surface area contributed by atoms with Gasteiger partial charge >= 0.3 is 5.97 Å². The first-order chi connectivity index (χ1) is 13.5. The van der Waals surface area contributed by atoms with Crippen molar-refractivity contribution >= 4 is 56.9 Å². The molecule has 0 unspecified atom stereocenters. The Morgan fingerprint density at radius 3 is 2.43 bits per heavy atom. The lowest BCUT2D eigenvalue weighted by Gasteiger charge is -2.11. The molecule has 4 nitrogen and oxygen atoms in total. The molecule has 0 aliphatic carbocycles. The van der Waals surface area contributed by atoms with E-state index < -0.39 is 5.97 Å². The van der Waals surface area contributed by atoms with Crippen molar-refractivity contribution in [2.24, 2.45) is 0 Å². The number of esters is 1. The number of carbonyl (C=O) groups excluding carboxylic acids is 2. The first-order valence-corrected chi connectivity index (χ1v) is 10.4. The van der Waals surface area contributed by atoms with Crippen LogP contribution in [0.1, 0.15) is 10.4 Å². The molecule has 0 saturated carbocycles. The third-order valence-corrected chi connectivity index (χ3v) is 5.39. The number of anilines is 1. The van der Waals surface area contributed by atoms with E-state index in [2.05, 4.69) is 21.2 Å². The second-order valence-corrected chi connectivity index (χ2v) is 8.08. The molecule has 3 aromatic rings. The fourth-order valence-electron chi connectivity index (χ4n) is 2.31. The van der Waals surface area contributed by atoms with Crippen LogP contribution in [0.25, 0.3) is 0 Å². The van der Waals surface area contributed by atoms with E-state index in [1.165, 1.54) is 17.8 Å². The number of para-hydroxylation sites is 1. The van der Waals surface area contributed by atoms with Gasteiger partial charge in [0.15, 0.2) is 0 Å². The molecule has 0 bridgehead atoms. The predicted octanol–water partition coefficient (Wildman–Crippen LogP) is 6.05. The molecule has 1 amide bonds. The normalized spacial score (nSPS) is 10.4. The quantitative estimate of drug-likeness (QED) is 0.267. The molecular formula is C21H15BrClNO3S. The zero-order valence-electron chi connectivity index (χ0n) is 14.5. The molecule has 3 aromatic carbocycles. The summed E-state index contributed by atoms with van der Waals surface area (Å²) in [5.74, 6) is -0.207. The van der Waals surface area contributed by atoms with Crippen LogP contribution in [0.4, 0.5) is 5.69 Å². The number of hydrogen-bond donors (Lipinski definition) is 1. The van der Waals surface area contributed by atoms with Crippen LogP contribution in [0.2, 0.25) is 5.02 Å². The second-order valence-electron chi connectivity index (χ2n) is 5.68. The Labute approximate surface area is 180 Å². The van der Waals surface area contributed by atoms with Crippen LogP contribution in [0, 0.1) is 0 Å². The highest BCUT2D eigenvalue weighted by Crippen LogP contribution is 2.24. The molecule has 142 valence electrons. The van der Waals surface area contributed by atoms with Crippen LogP contribution in [0.5, 0.6) is 5.75 Å². The first kappa shape index (κ1) is 20.5. The molecular weight excluding hydrogens is 462 g/mol. The minimum Gasteiger partial charge on any atom is -0.423 e. The molecule has 0 heterocycles. The largest absolute Gasteiger partial charge is 0.423 e. The highest BCUT2D eigenvalue weighted by atomic mass is 79.9. The van der Waals surface area contributed by atoms with Gasteiger partial charge in [0.1, 0.15) is 5.75 Å². The molecule has 0 spiro atoms. The Morgan fingerprint density at radius 1 is 1.00 bits per heavy atom. The van der Waals surface area contributed by atoms with E-state index in [9.17, 15) is 9.59 Å². The summed E-state index contributed by atoms with van der Waals surface area (Å²) in [7, 11) is 0. The Morgan fingerprint density at radius 2 is 1.71 bits per heavy atom. The number of carbonyl (C=O) groups is 2. The van der Waals surface area contributed by atoms with Crippen LogP contribution >= 0.6 is 39.3 Å². The van der Waals surface area contributed by atoms with E-state index in [1.54, 1.807) is 36.4 Å². The molecule has 1 N–H and O–H groups in total. The van der Waals surface area contributed by atoms with Crippen molar-refractivity contribution in [2.45, 2.75) is 4.90 Å². The molecule has 7 heteroatoms. The highest BCUT2D eigenvalue weighted by Gasteiger charge is 2.16. The average molecular weight is 477 g/mol. The fraction of sp³-hybridized carbons (Fsp3) is 0.0476. The number of hydrogen-bond acceptors (Lipinski definition) is 4. The lowest BCUT2D eigenvalue weighted by molar-refractivity contribution is -0.113. The number of nitrogens with one attached hydrogen (secondary N) is 1. The zero-order chi connectivity index (χ0) is 19.9. The Kier molecular flexibility index (Phi) is 7.14. The van der Waals surface area contributed by atoms with E-state index >= 15 is 0 Å². The summed E-state index contributed by atoms with van der Waals surface area (Å²) in [6.07, 6.45) is 0. The summed E-state index contributed by atoms with van der Waals surface area (Å²) < 4.78 is 6.34. The number of amides is 1. The van der Waals surface area contributed by atoms with Gasteiger partial charge in [-0.1, -0.05) is 45.7 Å². The molecule has 0 saturated heterocycles. The molecule has 0 fully saturated rings. The van der Waals surface area contributed by atoms with Crippen LogP contribution in [-0.4, -0.2) is 17.6 Å². The van der Waals surface area contributed by atoms with Crippen LogP contribution in [-0.2, 0) is 4.79 Å². The lowest BCUT2D eigenvalue weighted by Crippen LogP contribution is -2.18. The highest BCUT2D eigenvalue weighted by molar-refractivity contribution is 9.10. The number of thioether (sulfide) groups is 1. The van der Waals surface area contributed by atoms with Crippen molar-refractivity contribution in [3.05, 3.63) is 87.9 Å².